The number of benzene rings is 1. The first-order valence-electron chi connectivity index (χ1n) is 13.1. The van der Waals surface area contributed by atoms with E-state index in [4.69, 9.17) is 20.8 Å². The molecule has 38 heavy (non-hydrogen) atoms. The quantitative estimate of drug-likeness (QED) is 0.431. The number of hydrogen-bond donors (Lipinski definition) is 0. The molecule has 0 radical (unpaired) electrons. The van der Waals surface area contributed by atoms with Crippen LogP contribution in [-0.2, 0) is 6.54 Å². The van der Waals surface area contributed by atoms with Crippen LogP contribution in [0.15, 0.2) is 58.1 Å². The van der Waals surface area contributed by atoms with Crippen molar-refractivity contribution in [3.8, 4) is 5.75 Å². The van der Waals surface area contributed by atoms with E-state index >= 15 is 0 Å². The maximum atomic E-state index is 13.0. The van der Waals surface area contributed by atoms with Gasteiger partial charge in [0.2, 0.25) is 0 Å². The molecule has 0 N–H and O–H groups in total. The highest BCUT2D eigenvalue weighted by Crippen LogP contribution is 2.29. The lowest BCUT2D eigenvalue weighted by Crippen LogP contribution is -2.49. The number of rotatable bonds is 8. The second-order valence-electron chi connectivity index (χ2n) is 9.36. The Morgan fingerprint density at radius 3 is 2.37 bits per heavy atom. The summed E-state index contributed by atoms with van der Waals surface area (Å²) in [5.74, 6) is 1.12. The van der Waals surface area contributed by atoms with Crippen LogP contribution in [0.1, 0.15) is 17.5 Å². The molecular weight excluding hydrogens is 508 g/mol. The van der Waals surface area contributed by atoms with Crippen molar-refractivity contribution in [2.45, 2.75) is 13.5 Å². The van der Waals surface area contributed by atoms with Crippen LogP contribution in [0.25, 0.3) is 0 Å². The normalized spacial score (nSPS) is 16.6. The van der Waals surface area contributed by atoms with Crippen LogP contribution < -0.4 is 20.1 Å². The van der Waals surface area contributed by atoms with Crippen molar-refractivity contribution in [2.24, 2.45) is 0 Å². The topological polar surface area (TPSA) is 87.3 Å². The van der Waals surface area contributed by atoms with Crippen molar-refractivity contribution >= 4 is 28.9 Å². The van der Waals surface area contributed by atoms with Crippen molar-refractivity contribution in [2.75, 3.05) is 75.3 Å². The number of para-hydroxylation sites is 2. The van der Waals surface area contributed by atoms with E-state index in [1.165, 1.54) is 10.9 Å². The predicted molar refractivity (Wildman–Crippen MR) is 147 cm³/mol. The third-order valence-corrected chi connectivity index (χ3v) is 7.47. The first-order chi connectivity index (χ1) is 18.5. The average molecular weight is 541 g/mol. The van der Waals surface area contributed by atoms with Gasteiger partial charge >= 0.3 is 0 Å². The van der Waals surface area contributed by atoms with E-state index in [0.29, 0.717) is 50.8 Å². The van der Waals surface area contributed by atoms with Gasteiger partial charge in [-0.15, -0.1) is 0 Å². The molecule has 11 heteroatoms. The van der Waals surface area contributed by atoms with Gasteiger partial charge in [-0.2, -0.15) is 5.10 Å². The Kier molecular flexibility index (Phi) is 8.19. The van der Waals surface area contributed by atoms with Gasteiger partial charge in [-0.05, 0) is 31.2 Å². The molecule has 3 aromatic rings. The number of anilines is 2. The van der Waals surface area contributed by atoms with Crippen molar-refractivity contribution < 1.29 is 13.9 Å². The lowest BCUT2D eigenvalue weighted by atomic mass is 10.2. The van der Waals surface area contributed by atoms with Crippen LogP contribution in [0.2, 0.25) is 5.02 Å². The smallest absolute Gasteiger partial charge is 0.289 e. The molecule has 0 saturated carbocycles. The highest BCUT2D eigenvalue weighted by Gasteiger charge is 2.26. The van der Waals surface area contributed by atoms with E-state index in [1.807, 2.05) is 30.0 Å². The fraction of sp³-hybridized carbons (Fsp3) is 0.444. The summed E-state index contributed by atoms with van der Waals surface area (Å²) in [6, 6.07) is 11.5. The summed E-state index contributed by atoms with van der Waals surface area (Å²) in [5.41, 5.74) is 1.45. The number of carbonyl (C=O) groups excluding carboxylic acids is 1. The second kappa shape index (κ2) is 11.9. The van der Waals surface area contributed by atoms with Crippen LogP contribution in [0.5, 0.6) is 5.75 Å². The van der Waals surface area contributed by atoms with Crippen molar-refractivity contribution in [3.63, 3.8) is 0 Å². The molecule has 2 saturated heterocycles. The molecule has 4 heterocycles. The number of nitrogens with zero attached hydrogens (tertiary/aromatic N) is 6. The summed E-state index contributed by atoms with van der Waals surface area (Å²) in [7, 11) is 0. The first kappa shape index (κ1) is 26.1. The molecule has 202 valence electrons. The number of carbonyl (C=O) groups is 1. The Labute approximate surface area is 226 Å². The Morgan fingerprint density at radius 2 is 1.66 bits per heavy atom. The van der Waals surface area contributed by atoms with E-state index in [9.17, 15) is 9.59 Å². The predicted octanol–water partition coefficient (Wildman–Crippen LogP) is 2.67. The van der Waals surface area contributed by atoms with Crippen LogP contribution in [0.4, 0.5) is 11.4 Å². The lowest BCUT2D eigenvalue weighted by molar-refractivity contribution is 0.0714. The monoisotopic (exact) mass is 540 g/mol. The third kappa shape index (κ3) is 5.66. The van der Waals surface area contributed by atoms with Crippen molar-refractivity contribution in [1.29, 1.82) is 0 Å². The molecule has 1 amide bonds. The molecule has 1 aromatic carbocycles. The molecule has 10 nitrogen and oxygen atoms in total. The van der Waals surface area contributed by atoms with Crippen LogP contribution in [0, 0.1) is 0 Å². The Morgan fingerprint density at radius 1 is 0.947 bits per heavy atom. The van der Waals surface area contributed by atoms with Gasteiger partial charge < -0.3 is 23.9 Å². The number of hydrogen-bond acceptors (Lipinski definition) is 8. The minimum Gasteiger partial charge on any atom is -0.492 e. The highest BCUT2D eigenvalue weighted by atomic mass is 35.5. The zero-order valence-corrected chi connectivity index (χ0v) is 22.3. The zero-order chi connectivity index (χ0) is 26.5. The van der Waals surface area contributed by atoms with E-state index < -0.39 is 0 Å². The lowest BCUT2D eigenvalue weighted by Gasteiger charge is -2.37. The molecule has 5 rings (SSSR count). The van der Waals surface area contributed by atoms with Crippen LogP contribution >= 0.6 is 11.6 Å². The molecule has 2 fully saturated rings. The Bertz CT molecular complexity index is 1280. The highest BCUT2D eigenvalue weighted by molar-refractivity contribution is 6.33. The second-order valence-corrected chi connectivity index (χ2v) is 9.74. The van der Waals surface area contributed by atoms with Gasteiger partial charge in [0, 0.05) is 58.9 Å². The SMILES string of the molecule is CCOc1ccccc1N1CCN(CCn2ncc(N3CCN(C(=O)c4ccco4)CC3)c(Cl)c2=O)CC1. The minimum absolute atomic E-state index is 0.131. The number of piperazine rings is 2. The maximum Gasteiger partial charge on any atom is 0.289 e. The summed E-state index contributed by atoms with van der Waals surface area (Å²) in [5, 5.41) is 4.59. The van der Waals surface area contributed by atoms with Gasteiger partial charge in [-0.25, -0.2) is 4.68 Å². The fourth-order valence-corrected chi connectivity index (χ4v) is 5.25. The molecule has 2 aromatic heterocycles. The van der Waals surface area contributed by atoms with Gasteiger partial charge in [-0.3, -0.25) is 14.5 Å². The maximum absolute atomic E-state index is 13.0. The molecule has 2 aliphatic heterocycles. The van der Waals surface area contributed by atoms with Crippen LogP contribution in [-0.4, -0.2) is 91.0 Å². The minimum atomic E-state index is -0.289. The number of aromatic nitrogens is 2. The Hall–Kier alpha value is -3.50. The molecule has 0 unspecified atom stereocenters. The molecule has 0 aliphatic carbocycles. The number of furan rings is 1. The molecule has 2 aliphatic rings. The fourth-order valence-electron chi connectivity index (χ4n) is 4.99. The van der Waals surface area contributed by atoms with Crippen molar-refractivity contribution in [1.82, 2.24) is 19.6 Å². The van der Waals surface area contributed by atoms with Crippen molar-refractivity contribution in [3.05, 3.63) is 70.0 Å². The van der Waals surface area contributed by atoms with Gasteiger partial charge in [-0.1, -0.05) is 23.7 Å². The molecule has 0 atom stereocenters. The standard InChI is InChI=1S/C27H33ClN6O4/c1-2-37-23-7-4-3-6-21(23)31-12-9-30(10-13-31)11-18-34-27(36)25(28)22(20-29-34)32-14-16-33(17-15-32)26(35)24-8-5-19-38-24/h3-8,19-20H,2,9-18H2,1H3. The van der Waals surface area contributed by atoms with Gasteiger partial charge in [0.15, 0.2) is 5.76 Å². The van der Waals surface area contributed by atoms with E-state index in [2.05, 4.69) is 21.0 Å². The summed E-state index contributed by atoms with van der Waals surface area (Å²) in [4.78, 5) is 33.9. The molecule has 0 spiro atoms. The zero-order valence-electron chi connectivity index (χ0n) is 21.6. The van der Waals surface area contributed by atoms with E-state index in [-0.39, 0.29) is 16.5 Å². The Balaban J connectivity index is 1.13. The number of amides is 1. The summed E-state index contributed by atoms with van der Waals surface area (Å²) < 4.78 is 12.5. The summed E-state index contributed by atoms with van der Waals surface area (Å²) in [6.45, 7) is 9.54. The summed E-state index contributed by atoms with van der Waals surface area (Å²) >= 11 is 6.52. The van der Waals surface area contributed by atoms with Crippen LogP contribution in [0.3, 0.4) is 0 Å². The molecule has 0 bridgehead atoms. The average Bonchev–Trinajstić information content (AvgIpc) is 3.50. The first-order valence-corrected chi connectivity index (χ1v) is 13.5. The number of ether oxygens (including phenoxy) is 1. The number of halogens is 1. The third-order valence-electron chi connectivity index (χ3n) is 7.11. The van der Waals surface area contributed by atoms with Gasteiger partial charge in [0.25, 0.3) is 11.5 Å². The molecular formula is C27H33ClN6O4. The van der Waals surface area contributed by atoms with E-state index in [0.717, 1.165) is 44.2 Å². The van der Waals surface area contributed by atoms with E-state index in [1.54, 1.807) is 23.2 Å². The largest absolute Gasteiger partial charge is 0.492 e. The van der Waals surface area contributed by atoms with Gasteiger partial charge in [0.05, 0.1) is 37.0 Å². The van der Waals surface area contributed by atoms with Gasteiger partial charge in [0.1, 0.15) is 10.8 Å². The summed E-state index contributed by atoms with van der Waals surface area (Å²) in [6.07, 6.45) is 3.16.